The van der Waals surface area contributed by atoms with E-state index in [0.717, 1.165) is 25.1 Å². The van der Waals surface area contributed by atoms with Crippen molar-refractivity contribution in [1.29, 1.82) is 0 Å². The topological polar surface area (TPSA) is 49.5 Å². The maximum Gasteiger partial charge on any atom is 0.0555 e. The fourth-order valence-corrected chi connectivity index (χ4v) is 3.47. The number of aliphatic hydroxyl groups excluding tert-OH is 1. The van der Waals surface area contributed by atoms with Crippen LogP contribution in [0.3, 0.4) is 0 Å². The third-order valence-corrected chi connectivity index (χ3v) is 4.43. The molecule has 104 valence electrons. The number of hydrogen-bond acceptors (Lipinski definition) is 4. The van der Waals surface area contributed by atoms with Crippen LogP contribution >= 0.6 is 11.3 Å². The average molecular weight is 278 g/mol. The van der Waals surface area contributed by atoms with Gasteiger partial charge in [-0.2, -0.15) is 0 Å². The normalized spacial score (nSPS) is 20.0. The molecule has 1 fully saturated rings. The molecule has 0 bridgehead atoms. The summed E-state index contributed by atoms with van der Waals surface area (Å²) in [6.45, 7) is 4.03. The minimum atomic E-state index is 0.316. The summed E-state index contributed by atoms with van der Waals surface area (Å²) in [4.78, 5) is 3.86. The van der Waals surface area contributed by atoms with Crippen LogP contribution in [-0.4, -0.2) is 36.2 Å². The Labute approximate surface area is 119 Å². The predicted octanol–water partition coefficient (Wildman–Crippen LogP) is 1.65. The summed E-state index contributed by atoms with van der Waals surface area (Å²) in [6, 6.07) is 2.17. The molecule has 2 heterocycles. The van der Waals surface area contributed by atoms with Crippen LogP contribution in [0.25, 0.3) is 0 Å². The Bertz CT molecular complexity index is 444. The zero-order valence-electron chi connectivity index (χ0n) is 11.3. The van der Waals surface area contributed by atoms with Crippen molar-refractivity contribution in [2.45, 2.75) is 25.8 Å². The Kier molecular flexibility index (Phi) is 5.87. The highest BCUT2D eigenvalue weighted by atomic mass is 32.1. The maximum absolute atomic E-state index is 9.04. The third-order valence-electron chi connectivity index (χ3n) is 3.51. The summed E-state index contributed by atoms with van der Waals surface area (Å²) >= 11 is 1.77. The first kappa shape index (κ1) is 14.5. The summed E-state index contributed by atoms with van der Waals surface area (Å²) in [6.07, 6.45) is 3.44. The van der Waals surface area contributed by atoms with Crippen molar-refractivity contribution in [3.8, 4) is 11.8 Å². The van der Waals surface area contributed by atoms with Gasteiger partial charge in [0.05, 0.1) is 6.54 Å². The quantitative estimate of drug-likeness (QED) is 0.824. The van der Waals surface area contributed by atoms with Crippen LogP contribution < -0.4 is 5.73 Å². The lowest BCUT2D eigenvalue weighted by Gasteiger charge is -2.32. The predicted molar refractivity (Wildman–Crippen MR) is 80.0 cm³/mol. The van der Waals surface area contributed by atoms with Gasteiger partial charge < -0.3 is 10.8 Å². The molecule has 1 unspecified atom stereocenters. The Morgan fingerprint density at radius 3 is 3.21 bits per heavy atom. The molecule has 0 spiro atoms. The van der Waals surface area contributed by atoms with E-state index in [1.165, 1.54) is 24.3 Å². The van der Waals surface area contributed by atoms with Crippen molar-refractivity contribution in [3.63, 3.8) is 0 Å². The molecule has 1 atom stereocenters. The van der Waals surface area contributed by atoms with E-state index in [9.17, 15) is 0 Å². The first-order valence-corrected chi connectivity index (χ1v) is 7.79. The molecule has 1 aliphatic rings. The highest BCUT2D eigenvalue weighted by molar-refractivity contribution is 7.10. The van der Waals surface area contributed by atoms with Gasteiger partial charge in [0, 0.05) is 35.5 Å². The number of hydrogen-bond donors (Lipinski definition) is 2. The smallest absolute Gasteiger partial charge is 0.0555 e. The maximum atomic E-state index is 9.04. The fraction of sp³-hybridized carbons (Fsp3) is 0.600. The van der Waals surface area contributed by atoms with Gasteiger partial charge in [0.2, 0.25) is 0 Å². The van der Waals surface area contributed by atoms with Crippen molar-refractivity contribution in [2.75, 3.05) is 26.2 Å². The fourth-order valence-electron chi connectivity index (χ4n) is 2.62. The van der Waals surface area contributed by atoms with Crippen LogP contribution in [0, 0.1) is 17.8 Å². The molecule has 0 amide bonds. The van der Waals surface area contributed by atoms with E-state index in [-0.39, 0.29) is 0 Å². The van der Waals surface area contributed by atoms with Gasteiger partial charge in [-0.3, -0.25) is 4.90 Å². The summed E-state index contributed by atoms with van der Waals surface area (Å²) in [7, 11) is 0. The number of nitrogens with zero attached hydrogens (tertiary/aromatic N) is 1. The van der Waals surface area contributed by atoms with E-state index < -0.39 is 0 Å². The molecule has 0 aromatic carbocycles. The van der Waals surface area contributed by atoms with Gasteiger partial charge in [0.25, 0.3) is 0 Å². The van der Waals surface area contributed by atoms with Gasteiger partial charge in [-0.25, -0.2) is 0 Å². The standard InChI is InChI=1S/C15H22N2OS/c16-6-1-3-14-9-15(19-12-14)11-17-7-2-4-13(10-17)5-8-18/h9,12-13,18H,2,4-8,10-11,16H2. The second-order valence-corrected chi connectivity index (χ2v) is 6.06. The van der Waals surface area contributed by atoms with E-state index in [1.54, 1.807) is 11.3 Å². The van der Waals surface area contributed by atoms with Gasteiger partial charge >= 0.3 is 0 Å². The molecule has 1 aromatic rings. The van der Waals surface area contributed by atoms with Gasteiger partial charge in [-0.1, -0.05) is 11.8 Å². The molecule has 1 saturated heterocycles. The number of aliphatic hydroxyl groups is 1. The lowest BCUT2D eigenvalue weighted by Crippen LogP contribution is -2.35. The summed E-state index contributed by atoms with van der Waals surface area (Å²) < 4.78 is 0. The van der Waals surface area contributed by atoms with Gasteiger partial charge in [-0.05, 0) is 37.8 Å². The van der Waals surface area contributed by atoms with Crippen LogP contribution in [0.4, 0.5) is 0 Å². The summed E-state index contributed by atoms with van der Waals surface area (Å²) in [5.74, 6) is 6.63. The second-order valence-electron chi connectivity index (χ2n) is 5.06. The highest BCUT2D eigenvalue weighted by Gasteiger charge is 2.19. The molecule has 19 heavy (non-hydrogen) atoms. The van der Waals surface area contributed by atoms with Crippen molar-refractivity contribution >= 4 is 11.3 Å². The number of nitrogens with two attached hydrogens (primary N) is 1. The third kappa shape index (κ3) is 4.63. The molecule has 1 aromatic heterocycles. The molecular weight excluding hydrogens is 256 g/mol. The Morgan fingerprint density at radius 1 is 1.53 bits per heavy atom. The van der Waals surface area contributed by atoms with E-state index in [0.29, 0.717) is 19.1 Å². The van der Waals surface area contributed by atoms with E-state index in [2.05, 4.69) is 28.2 Å². The number of piperidine rings is 1. The van der Waals surface area contributed by atoms with Crippen LogP contribution in [0.2, 0.25) is 0 Å². The molecule has 3 N–H and O–H groups in total. The average Bonchev–Trinajstić information content (AvgIpc) is 2.85. The minimum absolute atomic E-state index is 0.316. The lowest BCUT2D eigenvalue weighted by molar-refractivity contribution is 0.143. The molecule has 0 radical (unpaired) electrons. The van der Waals surface area contributed by atoms with Crippen molar-refractivity contribution in [3.05, 3.63) is 21.9 Å². The minimum Gasteiger partial charge on any atom is -0.396 e. The Hall–Kier alpha value is -0.860. The molecule has 3 nitrogen and oxygen atoms in total. The van der Waals surface area contributed by atoms with Gasteiger partial charge in [0.15, 0.2) is 0 Å². The SMILES string of the molecule is NCC#Cc1csc(CN2CCCC(CCO)C2)c1. The monoisotopic (exact) mass is 278 g/mol. The number of thiophene rings is 1. The van der Waals surface area contributed by atoms with E-state index >= 15 is 0 Å². The van der Waals surface area contributed by atoms with E-state index in [1.807, 2.05) is 0 Å². The first-order chi connectivity index (χ1) is 9.31. The molecule has 0 aliphatic carbocycles. The Balaban J connectivity index is 1.88. The van der Waals surface area contributed by atoms with Gasteiger partial charge in [0.1, 0.15) is 0 Å². The van der Waals surface area contributed by atoms with Crippen molar-refractivity contribution in [1.82, 2.24) is 4.90 Å². The lowest BCUT2D eigenvalue weighted by atomic mass is 9.95. The molecule has 1 aliphatic heterocycles. The van der Waals surface area contributed by atoms with Crippen LogP contribution in [0.1, 0.15) is 29.7 Å². The zero-order valence-corrected chi connectivity index (χ0v) is 12.1. The highest BCUT2D eigenvalue weighted by Crippen LogP contribution is 2.23. The first-order valence-electron chi connectivity index (χ1n) is 6.91. The number of likely N-dealkylation sites (tertiary alicyclic amines) is 1. The van der Waals surface area contributed by atoms with Crippen molar-refractivity contribution in [2.24, 2.45) is 11.7 Å². The molecule has 4 heteroatoms. The molecular formula is C15H22N2OS. The van der Waals surface area contributed by atoms with Crippen LogP contribution in [0.15, 0.2) is 11.4 Å². The van der Waals surface area contributed by atoms with E-state index in [4.69, 9.17) is 10.8 Å². The van der Waals surface area contributed by atoms with Crippen LogP contribution in [0.5, 0.6) is 0 Å². The largest absolute Gasteiger partial charge is 0.396 e. The zero-order chi connectivity index (χ0) is 13.5. The molecule has 2 rings (SSSR count). The summed E-state index contributed by atoms with van der Waals surface area (Å²) in [5.41, 5.74) is 6.46. The second kappa shape index (κ2) is 7.66. The van der Waals surface area contributed by atoms with Crippen molar-refractivity contribution < 1.29 is 5.11 Å². The summed E-state index contributed by atoms with van der Waals surface area (Å²) in [5, 5.41) is 11.1. The van der Waals surface area contributed by atoms with Crippen LogP contribution in [-0.2, 0) is 6.54 Å². The Morgan fingerprint density at radius 2 is 2.42 bits per heavy atom. The molecule has 0 saturated carbocycles. The number of rotatable bonds is 4. The van der Waals surface area contributed by atoms with Gasteiger partial charge in [-0.15, -0.1) is 11.3 Å².